The van der Waals surface area contributed by atoms with Crippen LogP contribution in [-0.2, 0) is 0 Å². The van der Waals surface area contributed by atoms with Gasteiger partial charge in [0.2, 0.25) is 5.88 Å². The molecule has 0 spiro atoms. The summed E-state index contributed by atoms with van der Waals surface area (Å²) in [5.41, 5.74) is 2.37. The van der Waals surface area contributed by atoms with Crippen molar-refractivity contribution in [1.29, 1.82) is 0 Å². The molecule has 1 N–H and O–H groups in total. The second-order valence-electron chi connectivity index (χ2n) is 4.46. The number of ether oxygens (including phenoxy) is 1. The predicted molar refractivity (Wildman–Crippen MR) is 74.1 cm³/mol. The summed E-state index contributed by atoms with van der Waals surface area (Å²) < 4.78 is 5.88. The summed E-state index contributed by atoms with van der Waals surface area (Å²) >= 11 is 1.70. The molecule has 1 fully saturated rings. The minimum atomic E-state index is 0.311. The summed E-state index contributed by atoms with van der Waals surface area (Å²) in [5, 5.41) is 7.54. The van der Waals surface area contributed by atoms with E-state index in [9.17, 15) is 0 Å². The fourth-order valence-corrected chi connectivity index (χ4v) is 2.80. The molecule has 0 amide bonds. The largest absolute Gasteiger partial charge is 0.474 e. The second-order valence-corrected chi connectivity index (χ2v) is 5.24. The van der Waals surface area contributed by atoms with Crippen LogP contribution in [0.4, 0.5) is 0 Å². The van der Waals surface area contributed by atoms with E-state index in [1.807, 2.05) is 12.3 Å². The van der Waals surface area contributed by atoms with Crippen molar-refractivity contribution in [3.05, 3.63) is 35.2 Å². The highest BCUT2D eigenvalue weighted by Gasteiger charge is 2.14. The fourth-order valence-electron chi connectivity index (χ4n) is 2.13. The SMILES string of the molecule is c1cc(-c2ccc(OC3CCNCC3)nc2)cs1. The maximum atomic E-state index is 5.88. The molecule has 4 heteroatoms. The molecule has 3 nitrogen and oxygen atoms in total. The van der Waals surface area contributed by atoms with Crippen LogP contribution >= 0.6 is 11.3 Å². The van der Waals surface area contributed by atoms with Gasteiger partial charge in [0.1, 0.15) is 6.10 Å². The summed E-state index contributed by atoms with van der Waals surface area (Å²) in [4.78, 5) is 4.39. The standard InChI is InChI=1S/C14H16N2OS/c1-2-14(17-13-3-6-15-7-4-13)16-9-11(1)12-5-8-18-10-12/h1-2,5,8-10,13,15H,3-4,6-7H2. The molecule has 0 bridgehead atoms. The van der Waals surface area contributed by atoms with E-state index in [0.717, 1.165) is 37.4 Å². The first kappa shape index (κ1) is 11.7. The number of nitrogens with zero attached hydrogens (tertiary/aromatic N) is 1. The van der Waals surface area contributed by atoms with Crippen molar-refractivity contribution < 1.29 is 4.74 Å². The zero-order chi connectivity index (χ0) is 12.2. The summed E-state index contributed by atoms with van der Waals surface area (Å²) in [6.07, 6.45) is 4.33. The average molecular weight is 260 g/mol. The Morgan fingerprint density at radius 2 is 2.06 bits per heavy atom. The Balaban J connectivity index is 1.67. The molecular weight excluding hydrogens is 244 g/mol. The molecule has 0 aromatic carbocycles. The van der Waals surface area contributed by atoms with Gasteiger partial charge < -0.3 is 10.1 Å². The Hall–Kier alpha value is -1.39. The lowest BCUT2D eigenvalue weighted by Crippen LogP contribution is -2.34. The van der Waals surface area contributed by atoms with Gasteiger partial charge in [-0.25, -0.2) is 4.98 Å². The van der Waals surface area contributed by atoms with Crippen LogP contribution in [0.3, 0.4) is 0 Å². The zero-order valence-corrected chi connectivity index (χ0v) is 11.0. The Labute approximate surface area is 111 Å². The lowest BCUT2D eigenvalue weighted by molar-refractivity contribution is 0.156. The van der Waals surface area contributed by atoms with E-state index < -0.39 is 0 Å². The molecule has 0 aliphatic carbocycles. The van der Waals surface area contributed by atoms with Gasteiger partial charge in [0.25, 0.3) is 0 Å². The maximum Gasteiger partial charge on any atom is 0.213 e. The Bertz CT molecular complexity index is 475. The number of aromatic nitrogens is 1. The van der Waals surface area contributed by atoms with Gasteiger partial charge in [-0.2, -0.15) is 11.3 Å². The first-order chi connectivity index (χ1) is 8.92. The van der Waals surface area contributed by atoms with Gasteiger partial charge in [0.15, 0.2) is 0 Å². The molecule has 18 heavy (non-hydrogen) atoms. The van der Waals surface area contributed by atoms with Crippen molar-refractivity contribution >= 4 is 11.3 Å². The van der Waals surface area contributed by atoms with E-state index in [0.29, 0.717) is 6.10 Å². The van der Waals surface area contributed by atoms with Crippen molar-refractivity contribution in [2.75, 3.05) is 13.1 Å². The minimum Gasteiger partial charge on any atom is -0.474 e. The first-order valence-corrected chi connectivity index (χ1v) is 7.22. The number of hydrogen-bond donors (Lipinski definition) is 1. The number of thiophene rings is 1. The first-order valence-electron chi connectivity index (χ1n) is 6.28. The van der Waals surface area contributed by atoms with Crippen LogP contribution in [0.2, 0.25) is 0 Å². The van der Waals surface area contributed by atoms with Gasteiger partial charge in [0.05, 0.1) is 0 Å². The molecule has 0 unspecified atom stereocenters. The molecule has 1 aliphatic heterocycles. The molecule has 3 rings (SSSR count). The Morgan fingerprint density at radius 1 is 1.17 bits per heavy atom. The van der Waals surface area contributed by atoms with E-state index >= 15 is 0 Å². The van der Waals surface area contributed by atoms with E-state index in [4.69, 9.17) is 4.74 Å². The predicted octanol–water partition coefficient (Wildman–Crippen LogP) is 2.94. The topological polar surface area (TPSA) is 34.1 Å². The van der Waals surface area contributed by atoms with Crippen LogP contribution in [0.5, 0.6) is 5.88 Å². The van der Waals surface area contributed by atoms with E-state index in [-0.39, 0.29) is 0 Å². The quantitative estimate of drug-likeness (QED) is 0.921. The smallest absolute Gasteiger partial charge is 0.213 e. The third-order valence-corrected chi connectivity index (χ3v) is 3.85. The van der Waals surface area contributed by atoms with Crippen LogP contribution < -0.4 is 10.1 Å². The highest BCUT2D eigenvalue weighted by atomic mass is 32.1. The number of nitrogens with one attached hydrogen (secondary N) is 1. The van der Waals surface area contributed by atoms with Gasteiger partial charge in [0, 0.05) is 17.8 Å². The molecule has 2 aromatic rings. The summed E-state index contributed by atoms with van der Waals surface area (Å²) in [6.45, 7) is 2.08. The Morgan fingerprint density at radius 3 is 2.72 bits per heavy atom. The summed E-state index contributed by atoms with van der Waals surface area (Å²) in [5.74, 6) is 0.737. The highest BCUT2D eigenvalue weighted by molar-refractivity contribution is 7.08. The van der Waals surface area contributed by atoms with Gasteiger partial charge in [-0.15, -0.1) is 0 Å². The zero-order valence-electron chi connectivity index (χ0n) is 10.1. The van der Waals surface area contributed by atoms with Crippen molar-refractivity contribution in [3.63, 3.8) is 0 Å². The molecule has 1 aliphatic rings. The van der Waals surface area contributed by atoms with Gasteiger partial charge in [-0.3, -0.25) is 0 Å². The van der Waals surface area contributed by atoms with Gasteiger partial charge in [-0.1, -0.05) is 0 Å². The lowest BCUT2D eigenvalue weighted by Gasteiger charge is -2.23. The molecule has 2 aromatic heterocycles. The molecule has 94 valence electrons. The number of rotatable bonds is 3. The molecule has 0 radical (unpaired) electrons. The average Bonchev–Trinajstić information content (AvgIpc) is 2.95. The van der Waals surface area contributed by atoms with E-state index in [1.165, 1.54) is 5.56 Å². The van der Waals surface area contributed by atoms with Crippen molar-refractivity contribution in [1.82, 2.24) is 10.3 Å². The monoisotopic (exact) mass is 260 g/mol. The maximum absolute atomic E-state index is 5.88. The van der Waals surface area contributed by atoms with Crippen LogP contribution in [0.1, 0.15) is 12.8 Å². The van der Waals surface area contributed by atoms with Crippen molar-refractivity contribution in [2.45, 2.75) is 18.9 Å². The van der Waals surface area contributed by atoms with E-state index in [1.54, 1.807) is 11.3 Å². The molecule has 1 saturated heterocycles. The van der Waals surface area contributed by atoms with Crippen LogP contribution in [0.15, 0.2) is 35.2 Å². The second kappa shape index (κ2) is 5.50. The van der Waals surface area contributed by atoms with E-state index in [2.05, 4.69) is 33.2 Å². The van der Waals surface area contributed by atoms with Crippen molar-refractivity contribution in [2.24, 2.45) is 0 Å². The molecule has 0 saturated carbocycles. The van der Waals surface area contributed by atoms with Crippen molar-refractivity contribution in [3.8, 4) is 17.0 Å². The number of piperidine rings is 1. The third kappa shape index (κ3) is 2.71. The molecule has 3 heterocycles. The normalized spacial score (nSPS) is 16.7. The summed E-state index contributed by atoms with van der Waals surface area (Å²) in [6, 6.07) is 6.15. The van der Waals surface area contributed by atoms with Crippen LogP contribution in [-0.4, -0.2) is 24.2 Å². The number of pyridine rings is 1. The minimum absolute atomic E-state index is 0.311. The third-order valence-electron chi connectivity index (χ3n) is 3.16. The fraction of sp³-hybridized carbons (Fsp3) is 0.357. The molecule has 0 atom stereocenters. The van der Waals surface area contributed by atoms with Gasteiger partial charge in [-0.05, 0) is 54.4 Å². The number of hydrogen-bond acceptors (Lipinski definition) is 4. The van der Waals surface area contributed by atoms with Gasteiger partial charge >= 0.3 is 0 Å². The summed E-state index contributed by atoms with van der Waals surface area (Å²) in [7, 11) is 0. The van der Waals surface area contributed by atoms with Crippen LogP contribution in [0, 0.1) is 0 Å². The van der Waals surface area contributed by atoms with Crippen LogP contribution in [0.25, 0.3) is 11.1 Å². The lowest BCUT2D eigenvalue weighted by atomic mass is 10.1. The Kier molecular flexibility index (Phi) is 3.57. The molecular formula is C14H16N2OS. The highest BCUT2D eigenvalue weighted by Crippen LogP contribution is 2.23.